The van der Waals surface area contributed by atoms with E-state index in [-0.39, 0.29) is 17.8 Å². The van der Waals surface area contributed by atoms with Gasteiger partial charge in [-0.15, -0.1) is 12.4 Å². The third-order valence-electron chi connectivity index (χ3n) is 4.33. The first-order valence-electron chi connectivity index (χ1n) is 7.26. The maximum Gasteiger partial charge on any atom is 0.130 e. The molecule has 1 aliphatic rings. The number of nitrogens with zero attached hydrogens (tertiary/aromatic N) is 1. The minimum absolute atomic E-state index is 0. The average molecular weight is 331 g/mol. The molecule has 2 rings (SSSR count). The first kappa shape index (κ1) is 18.9. The first-order chi connectivity index (χ1) is 10.0. The largest absolute Gasteiger partial charge is 0.496 e. The Morgan fingerprint density at radius 3 is 2.14 bits per heavy atom. The second-order valence-corrected chi connectivity index (χ2v) is 5.99. The molecular formula is C16H27ClN2O3. The van der Waals surface area contributed by atoms with Gasteiger partial charge in [-0.25, -0.2) is 0 Å². The van der Waals surface area contributed by atoms with E-state index in [0.717, 1.165) is 55.4 Å². The van der Waals surface area contributed by atoms with Crippen molar-refractivity contribution in [3.8, 4) is 17.2 Å². The summed E-state index contributed by atoms with van der Waals surface area (Å²) < 4.78 is 16.3. The molecule has 0 amide bonds. The number of hydrogen-bond donors (Lipinski definition) is 1. The quantitative estimate of drug-likeness (QED) is 0.867. The third kappa shape index (κ3) is 3.97. The topological polar surface area (TPSA) is 57.0 Å². The zero-order chi connectivity index (χ0) is 15.5. The van der Waals surface area contributed by atoms with E-state index in [0.29, 0.717) is 0 Å². The molecule has 1 aliphatic heterocycles. The molecule has 1 heterocycles. The Labute approximate surface area is 139 Å². The van der Waals surface area contributed by atoms with Crippen LogP contribution in [0, 0.1) is 5.41 Å². The molecule has 6 heteroatoms. The zero-order valence-corrected chi connectivity index (χ0v) is 14.7. The maximum atomic E-state index is 5.88. The molecule has 0 spiro atoms. The molecule has 1 unspecified atom stereocenters. The molecule has 0 aliphatic carbocycles. The third-order valence-corrected chi connectivity index (χ3v) is 4.33. The number of methoxy groups -OCH3 is 3. The summed E-state index contributed by atoms with van der Waals surface area (Å²) in [4.78, 5) is 2.40. The minimum Gasteiger partial charge on any atom is -0.496 e. The second kappa shape index (κ2) is 7.90. The number of likely N-dealkylation sites (tertiary alicyclic amines) is 1. The molecule has 126 valence electrons. The molecule has 1 atom stereocenters. The van der Waals surface area contributed by atoms with E-state index in [1.807, 2.05) is 12.1 Å². The van der Waals surface area contributed by atoms with Crippen molar-refractivity contribution >= 4 is 12.4 Å². The van der Waals surface area contributed by atoms with E-state index in [9.17, 15) is 0 Å². The lowest BCUT2D eigenvalue weighted by Gasteiger charge is -2.24. The Balaban J connectivity index is 0.00000242. The van der Waals surface area contributed by atoms with Gasteiger partial charge in [0.2, 0.25) is 0 Å². The summed E-state index contributed by atoms with van der Waals surface area (Å²) in [6.07, 6.45) is 1.13. The van der Waals surface area contributed by atoms with Crippen molar-refractivity contribution in [2.24, 2.45) is 11.1 Å². The van der Waals surface area contributed by atoms with Gasteiger partial charge in [-0.2, -0.15) is 0 Å². The second-order valence-electron chi connectivity index (χ2n) is 5.99. The maximum absolute atomic E-state index is 5.88. The number of halogens is 1. The first-order valence-corrected chi connectivity index (χ1v) is 7.26. The summed E-state index contributed by atoms with van der Waals surface area (Å²) in [7, 11) is 4.98. The highest BCUT2D eigenvalue weighted by Gasteiger charge is 2.33. The predicted octanol–water partition coefficient (Wildman–Crippen LogP) is 2.30. The monoisotopic (exact) mass is 330 g/mol. The number of benzene rings is 1. The van der Waals surface area contributed by atoms with Crippen molar-refractivity contribution in [3.05, 3.63) is 17.7 Å². The lowest BCUT2D eigenvalue weighted by molar-refractivity contribution is 0.265. The Bertz CT molecular complexity index is 473. The van der Waals surface area contributed by atoms with Crippen LogP contribution in [0.25, 0.3) is 0 Å². The van der Waals surface area contributed by atoms with Gasteiger partial charge >= 0.3 is 0 Å². The van der Waals surface area contributed by atoms with E-state index >= 15 is 0 Å². The molecule has 1 fully saturated rings. The summed E-state index contributed by atoms with van der Waals surface area (Å²) in [6, 6.07) is 3.80. The van der Waals surface area contributed by atoms with Crippen LogP contribution < -0.4 is 19.9 Å². The van der Waals surface area contributed by atoms with Crippen LogP contribution in [0.1, 0.15) is 18.9 Å². The number of nitrogens with two attached hydrogens (primary N) is 1. The van der Waals surface area contributed by atoms with Crippen LogP contribution in [0.15, 0.2) is 12.1 Å². The Morgan fingerprint density at radius 2 is 1.73 bits per heavy atom. The normalized spacial score (nSPS) is 21.3. The molecule has 0 saturated carbocycles. The fourth-order valence-corrected chi connectivity index (χ4v) is 2.88. The van der Waals surface area contributed by atoms with Gasteiger partial charge in [0.05, 0.1) is 26.9 Å². The van der Waals surface area contributed by atoms with Gasteiger partial charge in [-0.05, 0) is 24.9 Å². The molecule has 1 aromatic carbocycles. The number of ether oxygens (including phenoxy) is 3. The molecule has 0 aromatic heterocycles. The van der Waals surface area contributed by atoms with Crippen molar-refractivity contribution in [1.82, 2.24) is 4.90 Å². The lowest BCUT2D eigenvalue weighted by atomic mass is 9.90. The van der Waals surface area contributed by atoms with E-state index in [1.54, 1.807) is 21.3 Å². The molecular weight excluding hydrogens is 304 g/mol. The zero-order valence-electron chi connectivity index (χ0n) is 13.8. The summed E-state index contributed by atoms with van der Waals surface area (Å²) in [5.41, 5.74) is 7.15. The van der Waals surface area contributed by atoms with Crippen LogP contribution >= 0.6 is 12.4 Å². The van der Waals surface area contributed by atoms with Crippen LogP contribution in [0.3, 0.4) is 0 Å². The molecule has 22 heavy (non-hydrogen) atoms. The van der Waals surface area contributed by atoms with Crippen LogP contribution in [0.5, 0.6) is 17.2 Å². The van der Waals surface area contributed by atoms with Gasteiger partial charge in [0.15, 0.2) is 0 Å². The highest BCUT2D eigenvalue weighted by Crippen LogP contribution is 2.37. The molecule has 0 radical (unpaired) electrons. The predicted molar refractivity (Wildman–Crippen MR) is 90.4 cm³/mol. The summed E-state index contributed by atoms with van der Waals surface area (Å²) in [5, 5.41) is 0. The Morgan fingerprint density at radius 1 is 1.14 bits per heavy atom. The number of hydrogen-bond acceptors (Lipinski definition) is 5. The van der Waals surface area contributed by atoms with Gasteiger partial charge in [-0.1, -0.05) is 6.92 Å². The fourth-order valence-electron chi connectivity index (χ4n) is 2.88. The SMILES string of the molecule is COc1cc(OC)c(CN2CCC(C)(CN)C2)c(OC)c1.Cl. The average Bonchev–Trinajstić information content (AvgIpc) is 2.89. The van der Waals surface area contributed by atoms with Crippen molar-refractivity contribution in [2.75, 3.05) is 41.0 Å². The van der Waals surface area contributed by atoms with Crippen LogP contribution in [0.2, 0.25) is 0 Å². The summed E-state index contributed by atoms with van der Waals surface area (Å²) in [6.45, 7) is 5.82. The molecule has 2 N–H and O–H groups in total. The van der Waals surface area contributed by atoms with Crippen molar-refractivity contribution in [3.63, 3.8) is 0 Å². The van der Waals surface area contributed by atoms with Crippen LogP contribution in [-0.2, 0) is 6.54 Å². The standard InChI is InChI=1S/C16H26N2O3.ClH/c1-16(10-17)5-6-18(11-16)9-13-14(20-3)7-12(19-2)8-15(13)21-4;/h7-8H,5-6,9-11,17H2,1-4H3;1H. The van der Waals surface area contributed by atoms with E-state index in [1.165, 1.54) is 0 Å². The van der Waals surface area contributed by atoms with Gasteiger partial charge in [0.25, 0.3) is 0 Å². The molecule has 1 saturated heterocycles. The molecule has 0 bridgehead atoms. The van der Waals surface area contributed by atoms with Gasteiger partial charge < -0.3 is 19.9 Å². The highest BCUT2D eigenvalue weighted by molar-refractivity contribution is 5.85. The van der Waals surface area contributed by atoms with Gasteiger partial charge in [0, 0.05) is 25.2 Å². The summed E-state index contributed by atoms with van der Waals surface area (Å²) in [5.74, 6) is 2.33. The van der Waals surface area contributed by atoms with Crippen molar-refractivity contribution < 1.29 is 14.2 Å². The van der Waals surface area contributed by atoms with Gasteiger partial charge in [-0.3, -0.25) is 4.90 Å². The fraction of sp³-hybridized carbons (Fsp3) is 0.625. The van der Waals surface area contributed by atoms with Crippen LogP contribution in [0.4, 0.5) is 0 Å². The van der Waals surface area contributed by atoms with Gasteiger partial charge in [0.1, 0.15) is 17.2 Å². The lowest BCUT2D eigenvalue weighted by Crippen LogP contribution is -2.31. The Hall–Kier alpha value is -1.17. The van der Waals surface area contributed by atoms with E-state index in [4.69, 9.17) is 19.9 Å². The number of rotatable bonds is 6. The molecule has 5 nitrogen and oxygen atoms in total. The Kier molecular flexibility index (Phi) is 6.78. The summed E-state index contributed by atoms with van der Waals surface area (Å²) >= 11 is 0. The smallest absolute Gasteiger partial charge is 0.130 e. The minimum atomic E-state index is 0. The van der Waals surface area contributed by atoms with E-state index in [2.05, 4.69) is 11.8 Å². The molecule has 1 aromatic rings. The van der Waals surface area contributed by atoms with Crippen LogP contribution in [-0.4, -0.2) is 45.9 Å². The van der Waals surface area contributed by atoms with E-state index < -0.39 is 0 Å². The van der Waals surface area contributed by atoms with Crippen molar-refractivity contribution in [1.29, 1.82) is 0 Å². The highest BCUT2D eigenvalue weighted by atomic mass is 35.5. The van der Waals surface area contributed by atoms with Crippen molar-refractivity contribution in [2.45, 2.75) is 19.9 Å².